The average molecular weight is 547 g/mol. The lowest BCUT2D eigenvalue weighted by Crippen LogP contribution is -2.41. The van der Waals surface area contributed by atoms with Gasteiger partial charge in [-0.1, -0.05) is 12.1 Å². The molecule has 0 saturated carbocycles. The van der Waals surface area contributed by atoms with Crippen LogP contribution in [0, 0.1) is 0 Å². The Kier molecular flexibility index (Phi) is 8.48. The molecule has 1 aliphatic heterocycles. The molecule has 1 aromatic heterocycles. The molecule has 12 nitrogen and oxygen atoms in total. The van der Waals surface area contributed by atoms with Gasteiger partial charge in [0, 0.05) is 10.9 Å². The van der Waals surface area contributed by atoms with Gasteiger partial charge in [-0.25, -0.2) is 9.38 Å². The summed E-state index contributed by atoms with van der Waals surface area (Å²) in [7, 11) is 0. The Bertz CT molecular complexity index is 1400. The van der Waals surface area contributed by atoms with Gasteiger partial charge >= 0.3 is 12.6 Å². The first-order valence-electron chi connectivity index (χ1n) is 11.7. The number of aromatic amines is 1. The second-order valence-corrected chi connectivity index (χ2v) is 8.50. The molecule has 0 fully saturated rings. The fraction of sp³-hybridized carbons (Fsp3) is 0.292. The third-order valence-electron chi connectivity index (χ3n) is 5.62. The van der Waals surface area contributed by atoms with Crippen molar-refractivity contribution in [3.05, 3.63) is 53.7 Å². The van der Waals surface area contributed by atoms with Gasteiger partial charge < -0.3 is 31.1 Å². The number of carbonyl (C=O) groups excluding carboxylic acids is 2. The van der Waals surface area contributed by atoms with E-state index in [-0.39, 0.29) is 30.0 Å². The Balaban J connectivity index is 1.43. The Labute approximate surface area is 219 Å². The highest BCUT2D eigenvalue weighted by atomic mass is 19.3. The Hall–Kier alpha value is -4.82. The number of H-pyrrole nitrogens is 1. The van der Waals surface area contributed by atoms with Crippen molar-refractivity contribution in [2.75, 3.05) is 25.0 Å². The van der Waals surface area contributed by atoms with E-state index in [2.05, 4.69) is 41.2 Å². The zero-order valence-electron chi connectivity index (χ0n) is 20.2. The summed E-state index contributed by atoms with van der Waals surface area (Å²) in [6, 6.07) is 7.28. The van der Waals surface area contributed by atoms with E-state index < -0.39 is 49.6 Å². The molecule has 2 heterocycles. The highest BCUT2D eigenvalue weighted by Gasteiger charge is 2.21. The number of aliphatic imine (C=N–C) groups is 1. The third-order valence-corrected chi connectivity index (χ3v) is 5.62. The topological polar surface area (TPSA) is 170 Å². The second-order valence-electron chi connectivity index (χ2n) is 8.50. The van der Waals surface area contributed by atoms with E-state index in [1.165, 1.54) is 42.6 Å². The average Bonchev–Trinajstić information content (AvgIpc) is 3.37. The number of hydrogen-bond donors (Lipinski definition) is 6. The fourth-order valence-corrected chi connectivity index (χ4v) is 3.86. The third kappa shape index (κ3) is 7.37. The molecule has 39 heavy (non-hydrogen) atoms. The van der Waals surface area contributed by atoms with Crippen LogP contribution in [-0.4, -0.2) is 71.5 Å². The molecular formula is C24H24F3N7O5. The number of rotatable bonds is 10. The predicted octanol–water partition coefficient (Wildman–Crippen LogP) is 1.94. The molecule has 2 atom stereocenters. The molecule has 1 aliphatic rings. The second kappa shape index (κ2) is 12.1. The summed E-state index contributed by atoms with van der Waals surface area (Å²) in [5.41, 5.74) is 1.38. The number of ether oxygens (including phenoxy) is 1. The first-order valence-corrected chi connectivity index (χ1v) is 11.7. The van der Waals surface area contributed by atoms with Crippen LogP contribution >= 0.6 is 0 Å². The van der Waals surface area contributed by atoms with Gasteiger partial charge in [-0.15, -0.1) is 0 Å². The number of benzene rings is 2. The van der Waals surface area contributed by atoms with Crippen LogP contribution in [-0.2, 0) is 9.59 Å². The molecule has 3 aromatic rings. The molecule has 206 valence electrons. The van der Waals surface area contributed by atoms with Crippen LogP contribution in [0.5, 0.6) is 5.75 Å². The molecular weight excluding hydrogens is 523 g/mol. The van der Waals surface area contributed by atoms with Gasteiger partial charge in [0.2, 0.25) is 5.91 Å². The summed E-state index contributed by atoms with van der Waals surface area (Å²) in [5.74, 6) is -2.43. The van der Waals surface area contributed by atoms with Crippen LogP contribution in [0.3, 0.4) is 0 Å². The summed E-state index contributed by atoms with van der Waals surface area (Å²) < 4.78 is 42.8. The van der Waals surface area contributed by atoms with Crippen molar-refractivity contribution in [2.24, 2.45) is 4.99 Å². The van der Waals surface area contributed by atoms with Crippen LogP contribution in [0.2, 0.25) is 0 Å². The quantitative estimate of drug-likeness (QED) is 0.224. The maximum atomic E-state index is 13.4. The normalized spacial score (nSPS) is 15.7. The number of anilines is 1. The van der Waals surface area contributed by atoms with E-state index in [9.17, 15) is 32.7 Å². The minimum absolute atomic E-state index is 0.00837. The van der Waals surface area contributed by atoms with Gasteiger partial charge in [-0.05, 0) is 29.8 Å². The summed E-state index contributed by atoms with van der Waals surface area (Å²) in [6.45, 7) is -3.50. The number of carboxylic acids is 1. The molecule has 2 aromatic carbocycles. The highest BCUT2D eigenvalue weighted by Crippen LogP contribution is 2.25. The van der Waals surface area contributed by atoms with Gasteiger partial charge in [0.05, 0.1) is 49.5 Å². The molecule has 0 saturated heterocycles. The Morgan fingerprint density at radius 2 is 2.03 bits per heavy atom. The molecule has 6 N–H and O–H groups in total. The lowest BCUT2D eigenvalue weighted by molar-refractivity contribution is -0.137. The van der Waals surface area contributed by atoms with Crippen molar-refractivity contribution in [2.45, 2.75) is 25.2 Å². The highest BCUT2D eigenvalue weighted by molar-refractivity contribution is 6.07. The van der Waals surface area contributed by atoms with Crippen molar-refractivity contribution in [3.8, 4) is 5.75 Å². The largest absolute Gasteiger partial charge is 0.481 e. The number of nitrogens with zero attached hydrogens (tertiary/aromatic N) is 2. The molecule has 2 unspecified atom stereocenters. The molecule has 0 aliphatic carbocycles. The number of amides is 2. The number of alkyl halides is 3. The smallest absolute Gasteiger partial charge is 0.387 e. The summed E-state index contributed by atoms with van der Waals surface area (Å²) >= 11 is 0. The summed E-state index contributed by atoms with van der Waals surface area (Å²) in [4.78, 5) is 40.8. The Morgan fingerprint density at radius 1 is 1.21 bits per heavy atom. The number of carbonyl (C=O) groups is 3. The number of hydrogen-bond acceptors (Lipinski definition) is 8. The molecule has 0 spiro atoms. The fourth-order valence-electron chi connectivity index (χ4n) is 3.86. The first-order chi connectivity index (χ1) is 18.7. The van der Waals surface area contributed by atoms with Gasteiger partial charge in [-0.3, -0.25) is 19.5 Å². The van der Waals surface area contributed by atoms with Crippen LogP contribution in [0.4, 0.5) is 18.9 Å². The number of carboxylic acid groups (broad SMARTS) is 1. The maximum absolute atomic E-state index is 13.4. The van der Waals surface area contributed by atoms with Crippen molar-refractivity contribution < 1.29 is 37.4 Å². The number of aliphatic carboxylic acids is 1. The van der Waals surface area contributed by atoms with Crippen LogP contribution in [0.1, 0.15) is 28.4 Å². The zero-order chi connectivity index (χ0) is 27.9. The van der Waals surface area contributed by atoms with Crippen molar-refractivity contribution in [1.29, 1.82) is 0 Å². The van der Waals surface area contributed by atoms with Crippen LogP contribution < -0.4 is 26.0 Å². The zero-order valence-corrected chi connectivity index (χ0v) is 20.2. The van der Waals surface area contributed by atoms with E-state index in [1.807, 2.05) is 0 Å². The van der Waals surface area contributed by atoms with E-state index in [0.717, 1.165) is 0 Å². The monoisotopic (exact) mass is 547 g/mol. The number of nitrogens with one attached hydrogen (secondary N) is 5. The minimum Gasteiger partial charge on any atom is -0.481 e. The van der Waals surface area contributed by atoms with Gasteiger partial charge in [-0.2, -0.15) is 13.9 Å². The lowest BCUT2D eigenvalue weighted by atomic mass is 10.0. The van der Waals surface area contributed by atoms with Crippen molar-refractivity contribution in [1.82, 2.24) is 26.1 Å². The van der Waals surface area contributed by atoms with Crippen LogP contribution in [0.15, 0.2) is 47.6 Å². The van der Waals surface area contributed by atoms with Crippen LogP contribution in [0.25, 0.3) is 10.9 Å². The minimum atomic E-state index is -3.07. The number of halogens is 3. The molecule has 4 rings (SSSR count). The predicted molar refractivity (Wildman–Crippen MR) is 133 cm³/mol. The standard InChI is InChI=1S/C24H24F3N7O5/c25-14-8-29-24(30-9-14)33-18-5-13(6-19-16(18)10-31-34-19)22(38)28-11-20(35)32-17(7-21(36)37)12-2-1-3-15(4-12)39-23(26)27/h1-6,10,14,17,23H,7-9,11H2,(H,28,38)(H,31,34)(H,32,35)(H,36,37)(H2,29,30,33). The lowest BCUT2D eigenvalue weighted by Gasteiger charge is -2.19. The van der Waals surface area contributed by atoms with Gasteiger partial charge in [0.25, 0.3) is 5.91 Å². The van der Waals surface area contributed by atoms with Crippen molar-refractivity contribution in [3.63, 3.8) is 0 Å². The SMILES string of the molecule is O=C(O)CC(NC(=O)CNC(=O)c1cc(NC2=NCC(F)CN2)c2cn[nH]c2c1)c1cccc(OC(F)F)c1. The molecule has 0 bridgehead atoms. The number of guanidine groups is 1. The Morgan fingerprint density at radius 3 is 2.74 bits per heavy atom. The molecule has 15 heteroatoms. The number of aromatic nitrogens is 2. The van der Waals surface area contributed by atoms with E-state index >= 15 is 0 Å². The van der Waals surface area contributed by atoms with Crippen molar-refractivity contribution >= 4 is 40.3 Å². The summed E-state index contributed by atoms with van der Waals surface area (Å²) in [6.07, 6.45) is -0.0968. The first kappa shape index (κ1) is 27.2. The van der Waals surface area contributed by atoms with Gasteiger partial charge in [0.1, 0.15) is 11.9 Å². The molecule has 0 radical (unpaired) electrons. The summed E-state index contributed by atoms with van der Waals surface area (Å²) in [5, 5.41) is 27.4. The number of fused-ring (bicyclic) bond motifs is 1. The van der Waals surface area contributed by atoms with E-state index in [0.29, 0.717) is 22.5 Å². The maximum Gasteiger partial charge on any atom is 0.387 e. The molecule has 2 amide bonds. The van der Waals surface area contributed by atoms with E-state index in [1.54, 1.807) is 0 Å². The van der Waals surface area contributed by atoms with E-state index in [4.69, 9.17) is 0 Å². The van der Waals surface area contributed by atoms with Gasteiger partial charge in [0.15, 0.2) is 5.96 Å².